The molecule has 3 heterocycles. The molecule has 1 aliphatic heterocycles. The van der Waals surface area contributed by atoms with Crippen molar-refractivity contribution in [3.05, 3.63) is 41.5 Å². The lowest BCUT2D eigenvalue weighted by atomic mass is 10.0. The Morgan fingerprint density at radius 1 is 1.24 bits per heavy atom. The predicted octanol–water partition coefficient (Wildman–Crippen LogP) is 1.77. The topological polar surface area (TPSA) is 137 Å². The Morgan fingerprint density at radius 3 is 2.73 bits per heavy atom. The maximum absolute atomic E-state index is 14.6. The summed E-state index contributed by atoms with van der Waals surface area (Å²) < 4.78 is 25.8. The minimum Gasteiger partial charge on any atom is -0.494 e. The van der Waals surface area contributed by atoms with E-state index < -0.39 is 36.4 Å². The van der Waals surface area contributed by atoms with E-state index in [4.69, 9.17) is 14.6 Å². The summed E-state index contributed by atoms with van der Waals surface area (Å²) in [4.78, 5) is 34.1. The van der Waals surface area contributed by atoms with Crippen molar-refractivity contribution in [2.75, 3.05) is 33.4 Å². The number of pyridine rings is 1. The summed E-state index contributed by atoms with van der Waals surface area (Å²) in [6.07, 6.45) is 2.77. The third-order valence-electron chi connectivity index (χ3n) is 6.91. The zero-order valence-electron chi connectivity index (χ0n) is 20.6. The molecule has 2 amide bonds. The average molecular weight is 513 g/mol. The second-order valence-corrected chi connectivity index (χ2v) is 9.55. The summed E-state index contributed by atoms with van der Waals surface area (Å²) in [5.74, 6) is -0.602. The highest BCUT2D eigenvalue weighted by atomic mass is 19.1. The van der Waals surface area contributed by atoms with E-state index in [1.54, 1.807) is 25.3 Å². The molecule has 0 radical (unpaired) electrons. The largest absolute Gasteiger partial charge is 0.494 e. The smallest absolute Gasteiger partial charge is 0.255 e. The van der Waals surface area contributed by atoms with Crippen molar-refractivity contribution in [1.29, 1.82) is 0 Å². The maximum Gasteiger partial charge on any atom is 0.255 e. The molecular formula is C26H29FN4O6. The fourth-order valence-electron chi connectivity index (χ4n) is 4.69. The Hall–Kier alpha value is -3.70. The molecular weight excluding hydrogens is 483 g/mol. The van der Waals surface area contributed by atoms with E-state index in [0.29, 0.717) is 51.7 Å². The van der Waals surface area contributed by atoms with Crippen molar-refractivity contribution in [3.63, 3.8) is 0 Å². The van der Waals surface area contributed by atoms with Crippen LogP contribution in [0.15, 0.2) is 24.4 Å². The number of fused-ring (bicyclic) bond motifs is 1. The molecule has 3 aromatic rings. The lowest BCUT2D eigenvalue weighted by Crippen LogP contribution is -2.43. The first-order valence-corrected chi connectivity index (χ1v) is 12.2. The predicted molar refractivity (Wildman–Crippen MR) is 132 cm³/mol. The fraction of sp³-hybridized carbons (Fsp3) is 0.423. The van der Waals surface area contributed by atoms with Crippen molar-refractivity contribution >= 4 is 22.8 Å². The highest BCUT2D eigenvalue weighted by Crippen LogP contribution is 2.40. The number of β-amino-alcohol motifs (C(OH)–C–C–N with tert-alkyl or cyclic N) is 1. The van der Waals surface area contributed by atoms with Gasteiger partial charge in [0.15, 0.2) is 11.6 Å². The summed E-state index contributed by atoms with van der Waals surface area (Å²) in [6.45, 7) is 1.67. The standard InChI is InChI=1S/C26H29FN4O6/c1-13-23(26(35)30-18-9-31(10-19(18)33)22(34)11-32)25-24(29-13)15(5-6-28-25)16-7-21(36-2)17(27)8-20(16)37-12-14-3-4-14/h5-8,14,18-19,29,32-33H,3-4,9-12H2,1-2H3,(H,30,35)/t18-,19+/m1/s1. The Balaban J connectivity index is 1.49. The zero-order chi connectivity index (χ0) is 26.3. The number of carbonyl (C=O) groups is 2. The van der Waals surface area contributed by atoms with Crippen LogP contribution in [0.2, 0.25) is 0 Å². The SMILES string of the molecule is COc1cc(-c2ccnc3c(C(=O)N[C@@H]4CN(C(=O)CO)C[C@@H]4O)c(C)[nH]c23)c(OCC2CC2)cc1F. The van der Waals surface area contributed by atoms with Crippen molar-refractivity contribution < 1.29 is 33.7 Å². The molecule has 1 aromatic carbocycles. The molecule has 1 saturated heterocycles. The monoisotopic (exact) mass is 512 g/mol. The van der Waals surface area contributed by atoms with Gasteiger partial charge in [-0.05, 0) is 37.8 Å². The van der Waals surface area contributed by atoms with Crippen molar-refractivity contribution in [2.45, 2.75) is 31.9 Å². The van der Waals surface area contributed by atoms with Gasteiger partial charge in [-0.2, -0.15) is 0 Å². The van der Waals surface area contributed by atoms with Crippen LogP contribution < -0.4 is 14.8 Å². The molecule has 2 aliphatic rings. The molecule has 1 saturated carbocycles. The molecule has 11 heteroatoms. The van der Waals surface area contributed by atoms with Crippen molar-refractivity contribution in [1.82, 2.24) is 20.2 Å². The number of aryl methyl sites for hydroxylation is 1. The molecule has 5 rings (SSSR count). The number of halogens is 1. The van der Waals surface area contributed by atoms with Gasteiger partial charge in [-0.3, -0.25) is 14.6 Å². The van der Waals surface area contributed by atoms with Crippen LogP contribution in [-0.2, 0) is 4.79 Å². The van der Waals surface area contributed by atoms with E-state index >= 15 is 0 Å². The van der Waals surface area contributed by atoms with Crippen LogP contribution >= 0.6 is 0 Å². The van der Waals surface area contributed by atoms with Gasteiger partial charge in [0.1, 0.15) is 17.9 Å². The summed E-state index contributed by atoms with van der Waals surface area (Å²) in [7, 11) is 1.39. The van der Waals surface area contributed by atoms with Gasteiger partial charge in [-0.25, -0.2) is 4.39 Å². The van der Waals surface area contributed by atoms with Crippen LogP contribution in [0.1, 0.15) is 28.9 Å². The normalized spacial score (nSPS) is 19.3. The third-order valence-corrected chi connectivity index (χ3v) is 6.91. The number of aromatic nitrogens is 2. The van der Waals surface area contributed by atoms with E-state index in [9.17, 15) is 19.1 Å². The molecule has 2 fully saturated rings. The van der Waals surface area contributed by atoms with Gasteiger partial charge < -0.3 is 34.9 Å². The first-order valence-electron chi connectivity index (χ1n) is 12.2. The van der Waals surface area contributed by atoms with Crippen LogP contribution in [-0.4, -0.2) is 82.5 Å². The van der Waals surface area contributed by atoms with Crippen LogP contribution in [0, 0.1) is 18.7 Å². The number of amides is 2. The minimum absolute atomic E-state index is 0.0235. The number of aliphatic hydroxyl groups excluding tert-OH is 2. The van der Waals surface area contributed by atoms with Crippen LogP contribution in [0.4, 0.5) is 4.39 Å². The van der Waals surface area contributed by atoms with Gasteiger partial charge in [0.25, 0.3) is 5.91 Å². The maximum atomic E-state index is 14.6. The number of benzene rings is 1. The lowest BCUT2D eigenvalue weighted by Gasteiger charge is -2.16. The average Bonchev–Trinajstić information content (AvgIpc) is 3.55. The molecule has 37 heavy (non-hydrogen) atoms. The first kappa shape index (κ1) is 25.0. The number of nitrogens with one attached hydrogen (secondary N) is 2. The molecule has 2 atom stereocenters. The second-order valence-electron chi connectivity index (χ2n) is 9.55. The Kier molecular flexibility index (Phi) is 6.74. The second kappa shape index (κ2) is 9.98. The van der Waals surface area contributed by atoms with Crippen LogP contribution in [0.3, 0.4) is 0 Å². The highest BCUT2D eigenvalue weighted by Gasteiger charge is 2.35. The minimum atomic E-state index is -0.966. The van der Waals surface area contributed by atoms with Crippen LogP contribution in [0.5, 0.6) is 11.5 Å². The molecule has 10 nitrogen and oxygen atoms in total. The van der Waals surface area contributed by atoms with E-state index in [2.05, 4.69) is 15.3 Å². The van der Waals surface area contributed by atoms with Gasteiger partial charge in [0, 0.05) is 42.2 Å². The number of ether oxygens (including phenoxy) is 2. The van der Waals surface area contributed by atoms with E-state index in [0.717, 1.165) is 12.8 Å². The molecule has 4 N–H and O–H groups in total. The number of rotatable bonds is 8. The molecule has 0 spiro atoms. The van der Waals surface area contributed by atoms with E-state index in [-0.39, 0.29) is 18.8 Å². The van der Waals surface area contributed by atoms with Crippen molar-refractivity contribution in [3.8, 4) is 22.6 Å². The molecule has 196 valence electrons. The number of carbonyl (C=O) groups excluding carboxylic acids is 2. The fourth-order valence-corrected chi connectivity index (χ4v) is 4.69. The van der Waals surface area contributed by atoms with Gasteiger partial charge in [0.05, 0.1) is 36.9 Å². The number of H-pyrrole nitrogens is 1. The number of likely N-dealkylation sites (tertiary alicyclic amines) is 1. The third kappa shape index (κ3) is 4.84. The number of methoxy groups -OCH3 is 1. The quantitative estimate of drug-likeness (QED) is 0.361. The molecule has 0 bridgehead atoms. The summed E-state index contributed by atoms with van der Waals surface area (Å²) >= 11 is 0. The van der Waals surface area contributed by atoms with Crippen LogP contribution in [0.25, 0.3) is 22.2 Å². The molecule has 0 unspecified atom stereocenters. The van der Waals surface area contributed by atoms with E-state index in [1.807, 2.05) is 0 Å². The number of nitrogens with zero attached hydrogens (tertiary/aromatic N) is 2. The molecule has 1 aliphatic carbocycles. The first-order chi connectivity index (χ1) is 17.8. The van der Waals surface area contributed by atoms with Gasteiger partial charge in [0.2, 0.25) is 5.91 Å². The number of aliphatic hydroxyl groups is 2. The number of hydrogen-bond acceptors (Lipinski definition) is 7. The van der Waals surface area contributed by atoms with E-state index in [1.165, 1.54) is 18.1 Å². The lowest BCUT2D eigenvalue weighted by molar-refractivity contribution is -0.133. The Bertz CT molecular complexity index is 1350. The van der Waals surface area contributed by atoms with Gasteiger partial charge in [-0.15, -0.1) is 0 Å². The molecule has 2 aromatic heterocycles. The summed E-state index contributed by atoms with van der Waals surface area (Å²) in [5.41, 5.74) is 3.09. The Morgan fingerprint density at radius 2 is 2.03 bits per heavy atom. The van der Waals surface area contributed by atoms with Crippen molar-refractivity contribution in [2.24, 2.45) is 5.92 Å². The van der Waals surface area contributed by atoms with Gasteiger partial charge in [-0.1, -0.05) is 0 Å². The summed E-state index contributed by atoms with van der Waals surface area (Å²) in [5, 5.41) is 22.2. The number of hydrogen-bond donors (Lipinski definition) is 4. The van der Waals surface area contributed by atoms with Gasteiger partial charge >= 0.3 is 0 Å². The summed E-state index contributed by atoms with van der Waals surface area (Å²) in [6, 6.07) is 3.95. The number of aromatic amines is 1. The Labute approximate surface area is 212 Å². The highest BCUT2D eigenvalue weighted by molar-refractivity contribution is 6.10. The zero-order valence-corrected chi connectivity index (χ0v) is 20.6.